The number of furan rings is 1. The normalized spacial score (nSPS) is 17.6. The predicted molar refractivity (Wildman–Crippen MR) is 125 cm³/mol. The zero-order valence-corrected chi connectivity index (χ0v) is 18.7. The number of carboxylic acid groups (broad SMARTS) is 1. The van der Waals surface area contributed by atoms with Gasteiger partial charge in [0.05, 0.1) is 24.4 Å². The molecule has 0 amide bonds. The van der Waals surface area contributed by atoms with Gasteiger partial charge in [0.2, 0.25) is 0 Å². The minimum atomic E-state index is -1.02. The third-order valence-corrected chi connectivity index (χ3v) is 5.90. The van der Waals surface area contributed by atoms with Crippen molar-refractivity contribution < 1.29 is 23.8 Å². The number of benzene rings is 1. The van der Waals surface area contributed by atoms with Crippen molar-refractivity contribution in [2.75, 3.05) is 13.7 Å². The summed E-state index contributed by atoms with van der Waals surface area (Å²) in [6.45, 7) is 0.511. The second-order valence-electron chi connectivity index (χ2n) is 7.55. The van der Waals surface area contributed by atoms with Crippen molar-refractivity contribution in [1.82, 2.24) is 15.2 Å². The van der Waals surface area contributed by atoms with Gasteiger partial charge in [-0.2, -0.15) is 0 Å². The van der Waals surface area contributed by atoms with Crippen molar-refractivity contribution in [2.45, 2.75) is 24.9 Å². The molecule has 0 spiro atoms. The standard InChI is InChI=1S/C24H23N3O5S/c1-31-20(28)10-6-14-27-22(21(26-24(27)33)17-9-4-5-13-25-17)19-12-11-18(32-19)15-7-2-3-8-16(15)23(29)30/h2-5,7-9,11-13,21-22H,6,10,14H2,1H3,(H,26,33)(H,29,30)/t21-,22+/m1/s1. The fourth-order valence-electron chi connectivity index (χ4n) is 3.99. The summed E-state index contributed by atoms with van der Waals surface area (Å²) in [4.78, 5) is 29.7. The average molecular weight is 466 g/mol. The molecular formula is C24H23N3O5S. The summed E-state index contributed by atoms with van der Waals surface area (Å²) in [6.07, 6.45) is 2.54. The lowest BCUT2D eigenvalue weighted by atomic mass is 10.0. The molecule has 4 rings (SSSR count). The van der Waals surface area contributed by atoms with Gasteiger partial charge >= 0.3 is 11.9 Å². The van der Waals surface area contributed by atoms with Crippen LogP contribution in [-0.4, -0.2) is 45.7 Å². The highest BCUT2D eigenvalue weighted by molar-refractivity contribution is 7.80. The topological polar surface area (TPSA) is 105 Å². The first kappa shape index (κ1) is 22.5. The van der Waals surface area contributed by atoms with E-state index in [1.807, 2.05) is 29.2 Å². The van der Waals surface area contributed by atoms with Gasteiger partial charge in [-0.05, 0) is 49.0 Å². The highest BCUT2D eigenvalue weighted by Crippen LogP contribution is 2.40. The zero-order valence-electron chi connectivity index (χ0n) is 17.9. The molecule has 1 aliphatic rings. The molecule has 1 aromatic carbocycles. The van der Waals surface area contributed by atoms with Gasteiger partial charge in [0.25, 0.3) is 0 Å². The van der Waals surface area contributed by atoms with Crippen LogP contribution in [0.2, 0.25) is 0 Å². The minimum absolute atomic E-state index is 0.162. The molecule has 2 N–H and O–H groups in total. The van der Waals surface area contributed by atoms with Crippen LogP contribution in [0.4, 0.5) is 0 Å². The highest BCUT2D eigenvalue weighted by atomic mass is 32.1. The molecule has 1 fully saturated rings. The summed E-state index contributed by atoms with van der Waals surface area (Å²) in [5, 5.41) is 13.4. The molecule has 2 aromatic heterocycles. The first-order valence-electron chi connectivity index (χ1n) is 10.5. The number of carbonyl (C=O) groups excluding carboxylic acids is 1. The number of rotatable bonds is 8. The summed E-state index contributed by atoms with van der Waals surface area (Å²) in [5.74, 6) is -0.235. The van der Waals surface area contributed by atoms with Crippen molar-refractivity contribution in [1.29, 1.82) is 0 Å². The van der Waals surface area contributed by atoms with Crippen LogP contribution in [0.25, 0.3) is 11.3 Å². The van der Waals surface area contributed by atoms with E-state index in [2.05, 4.69) is 10.3 Å². The maximum atomic E-state index is 11.7. The Bertz CT molecular complexity index is 1160. The summed E-state index contributed by atoms with van der Waals surface area (Å²) < 4.78 is 10.9. The number of aromatic carboxylic acids is 1. The molecule has 0 bridgehead atoms. The number of carbonyl (C=O) groups is 2. The van der Waals surface area contributed by atoms with Gasteiger partial charge < -0.3 is 24.5 Å². The van der Waals surface area contributed by atoms with Gasteiger partial charge in [-0.3, -0.25) is 9.78 Å². The number of nitrogens with one attached hydrogen (secondary N) is 1. The van der Waals surface area contributed by atoms with E-state index in [1.54, 1.807) is 36.5 Å². The Labute approximate surface area is 196 Å². The number of carboxylic acids is 1. The molecule has 8 nitrogen and oxygen atoms in total. The molecule has 170 valence electrons. The van der Waals surface area contributed by atoms with E-state index in [4.69, 9.17) is 21.4 Å². The number of pyridine rings is 1. The van der Waals surface area contributed by atoms with Crippen LogP contribution in [-0.2, 0) is 9.53 Å². The van der Waals surface area contributed by atoms with Crippen molar-refractivity contribution in [3.05, 3.63) is 77.8 Å². The van der Waals surface area contributed by atoms with Gasteiger partial charge in [-0.15, -0.1) is 0 Å². The SMILES string of the molecule is COC(=O)CCCN1C(=S)N[C@H](c2ccccn2)[C@@H]1c1ccc(-c2ccccc2C(=O)O)o1. The van der Waals surface area contributed by atoms with Crippen LogP contribution in [0.5, 0.6) is 0 Å². The van der Waals surface area contributed by atoms with E-state index in [0.29, 0.717) is 35.2 Å². The van der Waals surface area contributed by atoms with Crippen molar-refractivity contribution >= 4 is 29.3 Å². The first-order chi connectivity index (χ1) is 16.0. The van der Waals surface area contributed by atoms with Crippen LogP contribution >= 0.6 is 12.2 Å². The molecule has 33 heavy (non-hydrogen) atoms. The van der Waals surface area contributed by atoms with Crippen molar-refractivity contribution in [3.63, 3.8) is 0 Å². The summed E-state index contributed by atoms with van der Waals surface area (Å²) in [7, 11) is 1.36. The number of hydrogen-bond acceptors (Lipinski definition) is 6. The van der Waals surface area contributed by atoms with Crippen molar-refractivity contribution in [2.24, 2.45) is 0 Å². The summed E-state index contributed by atoms with van der Waals surface area (Å²) in [6, 6.07) is 15.4. The maximum Gasteiger partial charge on any atom is 0.336 e. The molecule has 0 unspecified atom stereocenters. The molecule has 2 atom stereocenters. The molecular weight excluding hydrogens is 442 g/mol. The Kier molecular flexibility index (Phi) is 6.69. The lowest BCUT2D eigenvalue weighted by molar-refractivity contribution is -0.140. The molecule has 3 aromatic rings. The third kappa shape index (κ3) is 4.73. The second-order valence-corrected chi connectivity index (χ2v) is 7.94. The molecule has 3 heterocycles. The van der Waals surface area contributed by atoms with E-state index in [-0.39, 0.29) is 30.0 Å². The molecule has 0 aliphatic carbocycles. The van der Waals surface area contributed by atoms with Crippen LogP contribution < -0.4 is 5.32 Å². The molecule has 0 radical (unpaired) electrons. The van der Waals surface area contributed by atoms with E-state index in [1.165, 1.54) is 7.11 Å². The monoisotopic (exact) mass is 465 g/mol. The number of thiocarbonyl (C=S) groups is 1. The maximum absolute atomic E-state index is 11.7. The van der Waals surface area contributed by atoms with Crippen molar-refractivity contribution in [3.8, 4) is 11.3 Å². The molecule has 0 saturated carbocycles. The lowest BCUT2D eigenvalue weighted by Gasteiger charge is -2.25. The van der Waals surface area contributed by atoms with Crippen LogP contribution in [0, 0.1) is 0 Å². The van der Waals surface area contributed by atoms with Crippen LogP contribution in [0.15, 0.2) is 65.2 Å². The van der Waals surface area contributed by atoms with E-state index < -0.39 is 5.97 Å². The summed E-state index contributed by atoms with van der Waals surface area (Å²) in [5.41, 5.74) is 1.45. The van der Waals surface area contributed by atoms with Gasteiger partial charge in [0, 0.05) is 24.7 Å². The number of hydrogen-bond donors (Lipinski definition) is 2. The Morgan fingerprint density at radius 2 is 1.97 bits per heavy atom. The van der Waals surface area contributed by atoms with E-state index in [0.717, 1.165) is 5.69 Å². The van der Waals surface area contributed by atoms with E-state index in [9.17, 15) is 14.7 Å². The zero-order chi connectivity index (χ0) is 23.4. The fourth-order valence-corrected chi connectivity index (χ4v) is 4.32. The van der Waals surface area contributed by atoms with Crippen LogP contribution in [0.1, 0.15) is 46.7 Å². The van der Waals surface area contributed by atoms with Gasteiger partial charge in [0.15, 0.2) is 5.11 Å². The number of esters is 1. The van der Waals surface area contributed by atoms with Gasteiger partial charge in [-0.1, -0.05) is 24.3 Å². The van der Waals surface area contributed by atoms with E-state index >= 15 is 0 Å². The smallest absolute Gasteiger partial charge is 0.336 e. The molecule has 1 saturated heterocycles. The quantitative estimate of drug-likeness (QED) is 0.378. The Balaban J connectivity index is 1.68. The predicted octanol–water partition coefficient (Wildman–Crippen LogP) is 3.97. The molecule has 9 heteroatoms. The fraction of sp³-hybridized carbons (Fsp3) is 0.250. The van der Waals surface area contributed by atoms with Gasteiger partial charge in [-0.25, -0.2) is 4.79 Å². The third-order valence-electron chi connectivity index (χ3n) is 5.55. The Morgan fingerprint density at radius 3 is 2.70 bits per heavy atom. The highest BCUT2D eigenvalue weighted by Gasteiger charge is 2.41. The number of aromatic nitrogens is 1. The second kappa shape index (κ2) is 9.83. The summed E-state index contributed by atoms with van der Waals surface area (Å²) >= 11 is 5.61. The Hall–Kier alpha value is -3.72. The number of ether oxygens (including phenoxy) is 1. The first-order valence-corrected chi connectivity index (χ1v) is 10.9. The lowest BCUT2D eigenvalue weighted by Crippen LogP contribution is -2.30. The van der Waals surface area contributed by atoms with Gasteiger partial charge in [0.1, 0.15) is 17.6 Å². The number of methoxy groups -OCH3 is 1. The average Bonchev–Trinajstić information content (AvgIpc) is 3.44. The largest absolute Gasteiger partial charge is 0.478 e. The van der Waals surface area contributed by atoms with Crippen LogP contribution in [0.3, 0.4) is 0 Å². The Morgan fingerprint density at radius 1 is 1.18 bits per heavy atom. The minimum Gasteiger partial charge on any atom is -0.478 e. The molecule has 1 aliphatic heterocycles. The number of nitrogens with zero attached hydrogens (tertiary/aromatic N) is 2.